The SMILES string of the molecule is Cc1ccc(S(=O)(=O)[O-])cc1.Cc1ccc(S(=O)(=O)[O-])cc1.OC[C@@H]1O[C@@H]2O[C@H]3[C@H](O)[C@@H](O)[C@@H](O[C@H]4[C@H](O)[C@@H](O)[C@@H](O[C@H]5[C@@H](O)[C@@H](O)[C@@H](O[C@H]6[C@@H](O)[C@H](O)[C@@H](O[C@H]7[C@H](O)[C@@H](O)[C@@H](O[C@H]8[C@H](O)[C@@H](O)[C@@H](O[C@H]9[C@H](O)[C@@H](O)[C@@H](O[C@H]1[C@H](O)[C@H]2O)O[C@@H]9CO)O[C@@H]8CO)O[C@@H]7CO)O[C@@H]6CO)O[C@@H]5CO)O[C@@H]4C[n+]1ccccc1)O[C@H]3C[n+]1ccccc1. The van der Waals surface area contributed by atoms with Crippen molar-refractivity contribution in [3.63, 3.8) is 0 Å². The first kappa shape index (κ1) is 95.7. The molecule has 48 heteroatoms. The largest absolute Gasteiger partial charge is 0.744 e. The zero-order valence-electron chi connectivity index (χ0n) is 63.7. The van der Waals surface area contributed by atoms with Gasteiger partial charge in [0.1, 0.15) is 216 Å². The Bertz CT molecular complexity index is 3910. The lowest BCUT2D eigenvalue weighted by Gasteiger charge is -2.50. The summed E-state index contributed by atoms with van der Waals surface area (Å²) < 4.78 is 160. The third-order valence-electron chi connectivity index (χ3n) is 21.5. The van der Waals surface area contributed by atoms with E-state index in [0.29, 0.717) is 0 Å². The highest BCUT2D eigenvalue weighted by atomic mass is 32.2. The van der Waals surface area contributed by atoms with Gasteiger partial charge in [0, 0.05) is 24.3 Å². The number of rotatable bonds is 12. The van der Waals surface area contributed by atoms with E-state index in [-0.39, 0.29) is 22.9 Å². The molecule has 40 atom stereocenters. The van der Waals surface area contributed by atoms with Crippen LogP contribution in [0.15, 0.2) is 120 Å². The molecule has 0 radical (unpaired) electrons. The molecule has 0 aliphatic carbocycles. The highest BCUT2D eigenvalue weighted by molar-refractivity contribution is 7.86. The Labute approximate surface area is 683 Å². The standard InChI is InChI=1S/C58H88N2O38.2C7H8O3S/c61-13-21-45-30(70)38(78)54(86-21)95-47-23(15-63)88-56(40(80)32(47)72)97-49-25(17-65)90-58(42(82)34(49)74)98-50-26(18-66)89-57(41(81)33(50)73)96-48-24(16-64)87-55(39(79)31(48)71)94-46-22(14-62)85-53(37(77)29(46)69)92-44-20(12-60-9-5-2-6-10-60)83-51(35(75)27(44)67)91-43-19(11-59-7-3-1-4-8-59)84-52(93-45)36(76)28(43)68;2*1-6-2-4-7(5-3-6)11(8,9)10/h1-10,19-58,61-82H,11-18H2;2*2-5H,1H3,(H,8,9,10)/q+2;;/p-2/t19-,20+,21-,22+,23-,24-,25-,26-,27-,28-,29-,30+,31-,32+,33-,34-,35-,36-,37-,38-,39-,40+,41-,42-,43-,44-,45-,46-,47-,48-,49-,50-,51-,52-,53-,54-,55-,56-,57-,58-;;/m1../s1. The maximum atomic E-state index is 12.1. The van der Waals surface area contributed by atoms with Gasteiger partial charge >= 0.3 is 0 Å². The summed E-state index contributed by atoms with van der Waals surface area (Å²) in [5.41, 5.74) is 1.86. The third-order valence-corrected chi connectivity index (χ3v) is 23.2. The van der Waals surface area contributed by atoms with Crippen LogP contribution in [0.1, 0.15) is 11.1 Å². The second-order valence-electron chi connectivity index (χ2n) is 29.8. The van der Waals surface area contributed by atoms with Crippen molar-refractivity contribution in [2.45, 2.75) is 282 Å². The molecule has 676 valence electrons. The van der Waals surface area contributed by atoms with E-state index in [4.69, 9.17) is 75.8 Å². The van der Waals surface area contributed by atoms with E-state index in [9.17, 15) is 138 Å². The Hall–Kier alpha value is -4.96. The summed E-state index contributed by atoms with van der Waals surface area (Å²) in [6, 6.07) is 21.4. The Balaban J connectivity index is 0.000000554. The second kappa shape index (κ2) is 41.7. The minimum atomic E-state index is -4.27. The summed E-state index contributed by atoms with van der Waals surface area (Å²) in [5.74, 6) is 0. The van der Waals surface area contributed by atoms with Crippen molar-refractivity contribution in [2.75, 3.05) is 39.6 Å². The Morgan fingerprint density at radius 3 is 0.567 bits per heavy atom. The summed E-state index contributed by atoms with van der Waals surface area (Å²) in [6.07, 6.45) is -73.5. The quantitative estimate of drug-likeness (QED) is 0.0463. The van der Waals surface area contributed by atoms with Gasteiger partial charge in [-0.3, -0.25) is 0 Å². The summed E-state index contributed by atoms with van der Waals surface area (Å²) in [5, 5.41) is 250. The molecule has 46 nitrogen and oxygen atoms in total. The van der Waals surface area contributed by atoms with Crippen molar-refractivity contribution in [1.82, 2.24) is 0 Å². The van der Waals surface area contributed by atoms with Gasteiger partial charge in [0.25, 0.3) is 0 Å². The molecule has 32 heterocycles. The van der Waals surface area contributed by atoms with Crippen LogP contribution in [0.5, 0.6) is 0 Å². The van der Waals surface area contributed by atoms with Crippen LogP contribution in [0.2, 0.25) is 0 Å². The number of hydrogen-bond acceptors (Lipinski definition) is 44. The van der Waals surface area contributed by atoms with Crippen LogP contribution in [0.4, 0.5) is 0 Å². The first-order valence-electron chi connectivity index (χ1n) is 37.9. The van der Waals surface area contributed by atoms with Gasteiger partial charge in [-0.25, -0.2) is 26.0 Å². The van der Waals surface area contributed by atoms with Crippen LogP contribution in [-0.2, 0) is 109 Å². The minimum absolute atomic E-state index is 0.178. The number of aliphatic hydroxyl groups is 22. The summed E-state index contributed by atoms with van der Waals surface area (Å²) >= 11 is 0. The van der Waals surface area contributed by atoms with Crippen LogP contribution in [0.3, 0.4) is 0 Å². The van der Waals surface area contributed by atoms with Crippen LogP contribution >= 0.6 is 0 Å². The highest BCUT2D eigenvalue weighted by Crippen LogP contribution is 2.40. The lowest BCUT2D eigenvalue weighted by molar-refractivity contribution is -0.709. The Morgan fingerprint density at radius 2 is 0.408 bits per heavy atom. The van der Waals surface area contributed by atoms with E-state index in [1.165, 1.54) is 24.3 Å². The number of aliphatic hydroxyl groups excluding tert-OH is 22. The van der Waals surface area contributed by atoms with Gasteiger partial charge in [-0.05, 0) is 38.1 Å². The molecule has 0 saturated carbocycles. The molecule has 120 heavy (non-hydrogen) atoms. The Morgan fingerprint density at radius 1 is 0.250 bits per heavy atom. The first-order valence-corrected chi connectivity index (χ1v) is 40.7. The number of ether oxygens (including phenoxy) is 16. The van der Waals surface area contributed by atoms with Crippen molar-refractivity contribution in [1.29, 1.82) is 0 Å². The Kier molecular flexibility index (Phi) is 33.2. The summed E-state index contributed by atoms with van der Waals surface area (Å²) in [4.78, 5) is -0.355. The van der Waals surface area contributed by atoms with Crippen molar-refractivity contribution in [3.8, 4) is 0 Å². The van der Waals surface area contributed by atoms with Crippen molar-refractivity contribution in [2.24, 2.45) is 0 Å². The molecule has 0 unspecified atom stereocenters. The first-order chi connectivity index (χ1) is 56.9. The number of hydrogen-bond donors (Lipinski definition) is 22. The molecule has 30 saturated heterocycles. The van der Waals surface area contributed by atoms with Gasteiger partial charge in [0.05, 0.1) is 49.4 Å². The fraction of sp³-hybridized carbons (Fsp3) is 0.694. The van der Waals surface area contributed by atoms with Gasteiger partial charge in [0.2, 0.25) is 0 Å². The fourth-order valence-corrected chi connectivity index (χ4v) is 15.8. The number of benzene rings is 2. The molecular weight excluding hydrogens is 1660 g/mol. The number of pyridine rings is 2. The molecule has 4 aromatic rings. The van der Waals surface area contributed by atoms with E-state index in [1.54, 1.807) is 94.6 Å². The van der Waals surface area contributed by atoms with E-state index >= 15 is 0 Å². The lowest BCUT2D eigenvalue weighted by Crippen LogP contribution is -2.69. The predicted molar refractivity (Wildman–Crippen MR) is 378 cm³/mol. The smallest absolute Gasteiger partial charge is 0.187 e. The maximum Gasteiger partial charge on any atom is 0.187 e. The minimum Gasteiger partial charge on any atom is -0.744 e. The summed E-state index contributed by atoms with van der Waals surface area (Å²) in [7, 11) is -8.54. The van der Waals surface area contributed by atoms with E-state index in [1.807, 2.05) is 13.8 Å². The van der Waals surface area contributed by atoms with Crippen LogP contribution in [0, 0.1) is 13.8 Å². The molecule has 30 aliphatic rings. The fourth-order valence-electron chi connectivity index (χ4n) is 14.8. The topological polar surface area (TPSA) is 715 Å². The average Bonchev–Trinajstić information content (AvgIpc) is 0.771. The van der Waals surface area contributed by atoms with Crippen LogP contribution < -0.4 is 9.13 Å². The zero-order chi connectivity index (χ0) is 87.3. The van der Waals surface area contributed by atoms with Crippen molar-refractivity contribution >= 4 is 20.2 Å². The number of nitrogens with zero attached hydrogens (tertiary/aromatic N) is 2. The van der Waals surface area contributed by atoms with Crippen LogP contribution in [0.25, 0.3) is 0 Å². The molecule has 2 aromatic carbocycles. The molecule has 30 fully saturated rings. The van der Waals surface area contributed by atoms with Gasteiger partial charge in [-0.1, -0.05) is 47.5 Å². The lowest BCUT2D eigenvalue weighted by atomic mass is 9.94. The average molecular weight is 1760 g/mol. The maximum absolute atomic E-state index is 12.1. The third kappa shape index (κ3) is 21.8. The molecule has 2 aromatic heterocycles. The zero-order valence-corrected chi connectivity index (χ0v) is 65.3. The molecule has 0 amide bonds. The van der Waals surface area contributed by atoms with Gasteiger partial charge in [0.15, 0.2) is 88.2 Å². The number of aromatic nitrogens is 2. The molecular formula is C72H102N2O44S2. The molecule has 34 rings (SSSR count). The van der Waals surface area contributed by atoms with Crippen molar-refractivity contribution in [3.05, 3.63) is 121 Å². The normalized spacial score (nSPS) is 43.6. The number of aryl methyl sites for hydroxylation is 2. The van der Waals surface area contributed by atoms with Gasteiger partial charge < -0.3 is 197 Å². The van der Waals surface area contributed by atoms with E-state index in [0.717, 1.165) is 11.1 Å². The molecule has 16 bridgehead atoms. The molecule has 30 aliphatic heterocycles. The van der Waals surface area contributed by atoms with E-state index in [2.05, 4.69) is 0 Å². The second-order valence-corrected chi connectivity index (χ2v) is 32.5. The highest BCUT2D eigenvalue weighted by Gasteiger charge is 2.61. The van der Waals surface area contributed by atoms with Gasteiger partial charge in [-0.2, -0.15) is 0 Å². The van der Waals surface area contributed by atoms with Crippen molar-refractivity contribution < 1.29 is 223 Å². The summed E-state index contributed by atoms with van der Waals surface area (Å²) in [6.45, 7) is -3.21. The van der Waals surface area contributed by atoms with Crippen LogP contribution in [-0.4, -0.2) is 424 Å². The molecule has 0 spiro atoms. The van der Waals surface area contributed by atoms with Gasteiger partial charge in [-0.15, -0.1) is 0 Å². The molecule has 22 N–H and O–H groups in total. The van der Waals surface area contributed by atoms with E-state index < -0.39 is 306 Å². The predicted octanol–water partition coefficient (Wildman–Crippen LogP) is -13.6. The monoisotopic (exact) mass is 1760 g/mol.